The molecule has 0 fully saturated rings. The van der Waals surface area contributed by atoms with Gasteiger partial charge in [0.2, 0.25) is 0 Å². The first-order chi connectivity index (χ1) is 9.24. The van der Waals surface area contributed by atoms with Crippen LogP contribution in [0.25, 0.3) is 5.69 Å². The minimum absolute atomic E-state index is 0.139. The van der Waals surface area contributed by atoms with Gasteiger partial charge >= 0.3 is 0 Å². The van der Waals surface area contributed by atoms with Crippen molar-refractivity contribution in [3.63, 3.8) is 0 Å². The molecule has 5 heteroatoms. The molecule has 0 saturated carbocycles. The summed E-state index contributed by atoms with van der Waals surface area (Å²) in [5.41, 5.74) is 9.40. The van der Waals surface area contributed by atoms with Gasteiger partial charge in [-0.15, -0.1) is 11.3 Å². The van der Waals surface area contributed by atoms with Crippen molar-refractivity contribution in [3.8, 4) is 5.69 Å². The highest BCUT2D eigenvalue weighted by Crippen LogP contribution is 2.27. The number of nitrogens with two attached hydrogens (primary N) is 1. The van der Waals surface area contributed by atoms with Crippen LogP contribution in [0.2, 0.25) is 0 Å². The van der Waals surface area contributed by atoms with E-state index in [2.05, 4.69) is 32.5 Å². The van der Waals surface area contributed by atoms with E-state index in [9.17, 15) is 0 Å². The molecule has 3 nitrogen and oxygen atoms in total. The van der Waals surface area contributed by atoms with Crippen LogP contribution >= 0.6 is 27.3 Å². The summed E-state index contributed by atoms with van der Waals surface area (Å²) in [6, 6.07) is 11.9. The van der Waals surface area contributed by atoms with E-state index < -0.39 is 0 Å². The molecule has 0 amide bonds. The Labute approximate surface area is 123 Å². The average molecular weight is 334 g/mol. The standard InChI is InChI=1S/C14H12BrN3S/c15-13-6-10(9-19-13)14(16)11-7-17-18(8-11)12-4-2-1-3-5-12/h1-9,14H,16H2. The molecule has 0 spiro atoms. The lowest BCUT2D eigenvalue weighted by atomic mass is 10.1. The second-order valence-corrected chi connectivity index (χ2v) is 6.51. The van der Waals surface area contributed by atoms with Crippen molar-refractivity contribution in [2.45, 2.75) is 6.04 Å². The molecular formula is C14H12BrN3S. The Hall–Kier alpha value is -1.43. The van der Waals surface area contributed by atoms with Crippen LogP contribution < -0.4 is 5.73 Å². The lowest BCUT2D eigenvalue weighted by Gasteiger charge is -2.06. The molecule has 3 aromatic rings. The number of nitrogens with zero attached hydrogens (tertiary/aromatic N) is 2. The van der Waals surface area contributed by atoms with Crippen molar-refractivity contribution in [2.24, 2.45) is 5.73 Å². The highest BCUT2D eigenvalue weighted by molar-refractivity contribution is 9.11. The molecular weight excluding hydrogens is 322 g/mol. The van der Waals surface area contributed by atoms with E-state index in [4.69, 9.17) is 5.73 Å². The Bertz CT molecular complexity index is 675. The van der Waals surface area contributed by atoms with Gasteiger partial charge < -0.3 is 5.73 Å². The van der Waals surface area contributed by atoms with E-state index in [0.717, 1.165) is 20.6 Å². The minimum atomic E-state index is -0.139. The number of hydrogen-bond acceptors (Lipinski definition) is 3. The van der Waals surface area contributed by atoms with Gasteiger partial charge in [0, 0.05) is 11.8 Å². The molecule has 0 aliphatic carbocycles. The molecule has 2 N–H and O–H groups in total. The molecule has 0 radical (unpaired) electrons. The summed E-state index contributed by atoms with van der Waals surface area (Å²) >= 11 is 5.10. The summed E-state index contributed by atoms with van der Waals surface area (Å²) in [6.07, 6.45) is 3.80. The lowest BCUT2D eigenvalue weighted by molar-refractivity contribution is 0.864. The van der Waals surface area contributed by atoms with Crippen molar-refractivity contribution in [1.29, 1.82) is 0 Å². The van der Waals surface area contributed by atoms with E-state index >= 15 is 0 Å². The van der Waals surface area contributed by atoms with E-state index in [1.807, 2.05) is 47.4 Å². The number of hydrogen-bond donors (Lipinski definition) is 1. The summed E-state index contributed by atoms with van der Waals surface area (Å²) in [5.74, 6) is 0. The fraction of sp³-hybridized carbons (Fsp3) is 0.0714. The predicted octanol–water partition coefficient (Wildman–Crippen LogP) is 3.74. The van der Waals surface area contributed by atoms with Gasteiger partial charge in [0.05, 0.1) is 21.7 Å². The third kappa shape index (κ3) is 2.63. The number of benzene rings is 1. The molecule has 0 aliphatic heterocycles. The zero-order valence-electron chi connectivity index (χ0n) is 10.0. The smallest absolute Gasteiger partial charge is 0.0701 e. The second-order valence-electron chi connectivity index (χ2n) is 4.22. The molecule has 2 heterocycles. The summed E-state index contributed by atoms with van der Waals surface area (Å²) in [5, 5.41) is 6.43. The summed E-state index contributed by atoms with van der Waals surface area (Å²) < 4.78 is 2.93. The molecule has 2 aromatic heterocycles. The number of thiophene rings is 1. The van der Waals surface area contributed by atoms with Crippen molar-refractivity contribution < 1.29 is 0 Å². The van der Waals surface area contributed by atoms with E-state index in [1.165, 1.54) is 0 Å². The Balaban J connectivity index is 1.89. The summed E-state index contributed by atoms with van der Waals surface area (Å²) in [7, 11) is 0. The van der Waals surface area contributed by atoms with E-state index in [1.54, 1.807) is 11.3 Å². The second kappa shape index (κ2) is 5.28. The SMILES string of the molecule is NC(c1csc(Br)c1)c1cnn(-c2ccccc2)c1. The molecule has 0 aliphatic rings. The predicted molar refractivity (Wildman–Crippen MR) is 81.6 cm³/mol. The number of rotatable bonds is 3. The zero-order valence-corrected chi connectivity index (χ0v) is 12.4. The molecule has 1 atom stereocenters. The maximum atomic E-state index is 6.25. The molecule has 96 valence electrons. The number of aromatic nitrogens is 2. The van der Waals surface area contributed by atoms with Gasteiger partial charge in [0.15, 0.2) is 0 Å². The van der Waals surface area contributed by atoms with Crippen LogP contribution in [0.15, 0.2) is 58.0 Å². The van der Waals surface area contributed by atoms with Gasteiger partial charge in [-0.1, -0.05) is 18.2 Å². The van der Waals surface area contributed by atoms with E-state index in [-0.39, 0.29) is 6.04 Å². The van der Waals surface area contributed by atoms with Crippen LogP contribution in [0.1, 0.15) is 17.2 Å². The molecule has 19 heavy (non-hydrogen) atoms. The van der Waals surface area contributed by atoms with Gasteiger partial charge in [0.25, 0.3) is 0 Å². The summed E-state index contributed by atoms with van der Waals surface area (Å²) in [6.45, 7) is 0. The molecule has 1 aromatic carbocycles. The zero-order chi connectivity index (χ0) is 13.2. The molecule has 1 unspecified atom stereocenters. The Morgan fingerprint density at radius 1 is 1.21 bits per heavy atom. The topological polar surface area (TPSA) is 43.8 Å². The van der Waals surface area contributed by atoms with Gasteiger partial charge in [0.1, 0.15) is 0 Å². The quantitative estimate of drug-likeness (QED) is 0.793. The number of halogens is 1. The Morgan fingerprint density at radius 2 is 2.00 bits per heavy atom. The maximum absolute atomic E-state index is 6.25. The largest absolute Gasteiger partial charge is 0.320 e. The van der Waals surface area contributed by atoms with Crippen LogP contribution in [-0.2, 0) is 0 Å². The van der Waals surface area contributed by atoms with Crippen LogP contribution in [-0.4, -0.2) is 9.78 Å². The van der Waals surface area contributed by atoms with Crippen LogP contribution in [0.5, 0.6) is 0 Å². The fourth-order valence-electron chi connectivity index (χ4n) is 1.90. The first kappa shape index (κ1) is 12.6. The maximum Gasteiger partial charge on any atom is 0.0701 e. The first-order valence-corrected chi connectivity index (χ1v) is 7.51. The third-order valence-corrected chi connectivity index (χ3v) is 4.45. The van der Waals surface area contributed by atoms with Crippen molar-refractivity contribution >= 4 is 27.3 Å². The highest BCUT2D eigenvalue weighted by Gasteiger charge is 2.13. The van der Waals surface area contributed by atoms with Crippen LogP contribution in [0.3, 0.4) is 0 Å². The van der Waals surface area contributed by atoms with Gasteiger partial charge in [-0.05, 0) is 45.1 Å². The lowest BCUT2D eigenvalue weighted by Crippen LogP contribution is -2.09. The van der Waals surface area contributed by atoms with Crippen LogP contribution in [0.4, 0.5) is 0 Å². The molecule has 3 rings (SSSR count). The fourth-order valence-corrected chi connectivity index (χ4v) is 3.11. The van der Waals surface area contributed by atoms with Crippen molar-refractivity contribution in [3.05, 3.63) is 69.1 Å². The summed E-state index contributed by atoms with van der Waals surface area (Å²) in [4.78, 5) is 0. The van der Waals surface area contributed by atoms with Crippen molar-refractivity contribution in [1.82, 2.24) is 9.78 Å². The molecule has 0 saturated heterocycles. The van der Waals surface area contributed by atoms with Gasteiger partial charge in [-0.2, -0.15) is 5.10 Å². The van der Waals surface area contributed by atoms with E-state index in [0.29, 0.717) is 0 Å². The van der Waals surface area contributed by atoms with Crippen LogP contribution in [0, 0.1) is 0 Å². The Morgan fingerprint density at radius 3 is 2.68 bits per heavy atom. The van der Waals surface area contributed by atoms with Gasteiger partial charge in [-0.25, -0.2) is 4.68 Å². The normalized spacial score (nSPS) is 12.5. The van der Waals surface area contributed by atoms with Gasteiger partial charge in [-0.3, -0.25) is 0 Å². The monoisotopic (exact) mass is 333 g/mol. The average Bonchev–Trinajstić information content (AvgIpc) is 3.08. The number of para-hydroxylation sites is 1. The first-order valence-electron chi connectivity index (χ1n) is 5.83. The van der Waals surface area contributed by atoms with Crippen molar-refractivity contribution in [2.75, 3.05) is 0 Å². The minimum Gasteiger partial charge on any atom is -0.320 e. The Kier molecular flexibility index (Phi) is 3.50. The molecule has 0 bridgehead atoms. The third-order valence-electron chi connectivity index (χ3n) is 2.93. The highest BCUT2D eigenvalue weighted by atomic mass is 79.9.